The van der Waals surface area contributed by atoms with Gasteiger partial charge in [0.1, 0.15) is 0 Å². The second-order valence-electron chi connectivity index (χ2n) is 4.61. The quantitative estimate of drug-likeness (QED) is 0.854. The van der Waals surface area contributed by atoms with Crippen molar-refractivity contribution in [2.45, 2.75) is 26.7 Å². The molecule has 102 valence electrons. The first kappa shape index (κ1) is 15.0. The summed E-state index contributed by atoms with van der Waals surface area (Å²) >= 11 is 0. The highest BCUT2D eigenvalue weighted by molar-refractivity contribution is 5.99. The number of hydrogen-bond donors (Lipinski definition) is 1. The molecular weight excluding hydrogens is 238 g/mol. The van der Waals surface area contributed by atoms with E-state index in [1.165, 1.54) is 0 Å². The van der Waals surface area contributed by atoms with Crippen LogP contribution in [0.1, 0.15) is 35.7 Å². The third-order valence-corrected chi connectivity index (χ3v) is 2.88. The molecular formula is C15H21N3O. The zero-order valence-electron chi connectivity index (χ0n) is 11.9. The van der Waals surface area contributed by atoms with E-state index >= 15 is 0 Å². The molecule has 4 nitrogen and oxygen atoms in total. The number of rotatable bonds is 6. The molecule has 0 aliphatic carbocycles. The standard InChI is InChI=1S/C15H21N3O/c1-4-9-17-14-11-12(2)6-7-13(14)15(19)18(3)10-5-8-16/h6-7,11,17H,4-5,9-10H2,1-3H3. The average molecular weight is 259 g/mol. The molecule has 0 spiro atoms. The van der Waals surface area contributed by atoms with Crippen molar-refractivity contribution in [3.63, 3.8) is 0 Å². The first-order valence-corrected chi connectivity index (χ1v) is 6.57. The van der Waals surface area contributed by atoms with Gasteiger partial charge in [-0.3, -0.25) is 4.79 Å². The molecule has 1 amide bonds. The number of anilines is 1. The Morgan fingerprint density at radius 3 is 2.84 bits per heavy atom. The lowest BCUT2D eigenvalue weighted by molar-refractivity contribution is 0.0799. The predicted octanol–water partition coefficient (Wildman–Crippen LogP) is 2.80. The third kappa shape index (κ3) is 4.29. The van der Waals surface area contributed by atoms with Crippen LogP contribution >= 0.6 is 0 Å². The Hall–Kier alpha value is -2.02. The minimum Gasteiger partial charge on any atom is -0.384 e. The van der Waals surface area contributed by atoms with Crippen molar-refractivity contribution < 1.29 is 4.79 Å². The summed E-state index contributed by atoms with van der Waals surface area (Å²) in [7, 11) is 1.73. The van der Waals surface area contributed by atoms with Crippen LogP contribution in [0.4, 0.5) is 5.69 Å². The second kappa shape index (κ2) is 7.42. The van der Waals surface area contributed by atoms with Crippen molar-refractivity contribution in [3.05, 3.63) is 29.3 Å². The zero-order chi connectivity index (χ0) is 14.3. The van der Waals surface area contributed by atoms with Crippen LogP contribution in [0.15, 0.2) is 18.2 Å². The van der Waals surface area contributed by atoms with Crippen LogP contribution in [-0.2, 0) is 0 Å². The van der Waals surface area contributed by atoms with Crippen molar-refractivity contribution in [1.82, 2.24) is 4.90 Å². The van der Waals surface area contributed by atoms with Crippen LogP contribution < -0.4 is 5.32 Å². The summed E-state index contributed by atoms with van der Waals surface area (Å²) in [5.41, 5.74) is 2.66. The van der Waals surface area contributed by atoms with E-state index in [-0.39, 0.29) is 5.91 Å². The number of nitriles is 1. The van der Waals surface area contributed by atoms with Gasteiger partial charge in [0.15, 0.2) is 0 Å². The summed E-state index contributed by atoms with van der Waals surface area (Å²) in [5.74, 6) is -0.0474. The monoisotopic (exact) mass is 259 g/mol. The van der Waals surface area contributed by atoms with E-state index in [0.717, 1.165) is 24.2 Å². The van der Waals surface area contributed by atoms with E-state index < -0.39 is 0 Å². The summed E-state index contributed by atoms with van der Waals surface area (Å²) in [6.45, 7) is 5.39. The Labute approximate surface area is 115 Å². The highest BCUT2D eigenvalue weighted by atomic mass is 16.2. The Morgan fingerprint density at radius 1 is 1.47 bits per heavy atom. The minimum absolute atomic E-state index is 0.0474. The van der Waals surface area contributed by atoms with Crippen LogP contribution in [0.3, 0.4) is 0 Å². The highest BCUT2D eigenvalue weighted by Crippen LogP contribution is 2.19. The van der Waals surface area contributed by atoms with Crippen LogP contribution in [0.2, 0.25) is 0 Å². The Kier molecular flexibility index (Phi) is 5.87. The van der Waals surface area contributed by atoms with Crippen molar-refractivity contribution in [3.8, 4) is 6.07 Å². The Balaban J connectivity index is 2.91. The molecule has 0 aromatic heterocycles. The molecule has 0 saturated carbocycles. The zero-order valence-corrected chi connectivity index (χ0v) is 11.9. The van der Waals surface area contributed by atoms with Crippen LogP contribution in [0, 0.1) is 18.3 Å². The number of amides is 1. The maximum absolute atomic E-state index is 12.3. The summed E-state index contributed by atoms with van der Waals surface area (Å²) in [6, 6.07) is 7.82. The van der Waals surface area contributed by atoms with Gasteiger partial charge in [-0.15, -0.1) is 0 Å². The Bertz CT molecular complexity index is 477. The fourth-order valence-corrected chi connectivity index (χ4v) is 1.78. The lowest BCUT2D eigenvalue weighted by Gasteiger charge is -2.18. The third-order valence-electron chi connectivity index (χ3n) is 2.88. The molecule has 0 radical (unpaired) electrons. The molecule has 1 aromatic rings. The fourth-order valence-electron chi connectivity index (χ4n) is 1.78. The van der Waals surface area contributed by atoms with Gasteiger partial charge in [-0.25, -0.2) is 0 Å². The summed E-state index contributed by atoms with van der Waals surface area (Å²) in [5, 5.41) is 11.9. The molecule has 1 aromatic carbocycles. The number of nitrogens with zero attached hydrogens (tertiary/aromatic N) is 2. The molecule has 4 heteroatoms. The topological polar surface area (TPSA) is 56.1 Å². The maximum atomic E-state index is 12.3. The van der Waals surface area contributed by atoms with E-state index in [2.05, 4.69) is 18.3 Å². The smallest absolute Gasteiger partial charge is 0.255 e. The SMILES string of the molecule is CCCNc1cc(C)ccc1C(=O)N(C)CCC#N. The lowest BCUT2D eigenvalue weighted by atomic mass is 10.1. The van der Waals surface area contributed by atoms with E-state index in [9.17, 15) is 4.79 Å². The van der Waals surface area contributed by atoms with Crippen molar-refractivity contribution in [2.24, 2.45) is 0 Å². The van der Waals surface area contributed by atoms with E-state index in [1.807, 2.05) is 25.1 Å². The molecule has 1 rings (SSSR count). The van der Waals surface area contributed by atoms with E-state index in [0.29, 0.717) is 18.5 Å². The second-order valence-corrected chi connectivity index (χ2v) is 4.61. The first-order valence-electron chi connectivity index (χ1n) is 6.57. The highest BCUT2D eigenvalue weighted by Gasteiger charge is 2.15. The summed E-state index contributed by atoms with van der Waals surface area (Å²) in [6.07, 6.45) is 1.36. The van der Waals surface area contributed by atoms with Gasteiger partial charge in [-0.1, -0.05) is 13.0 Å². The van der Waals surface area contributed by atoms with Gasteiger partial charge in [0.05, 0.1) is 18.1 Å². The largest absolute Gasteiger partial charge is 0.384 e. The van der Waals surface area contributed by atoms with Crippen molar-refractivity contribution >= 4 is 11.6 Å². The number of nitrogens with one attached hydrogen (secondary N) is 1. The number of carbonyl (C=O) groups excluding carboxylic acids is 1. The number of carbonyl (C=O) groups is 1. The summed E-state index contributed by atoms with van der Waals surface area (Å²) in [4.78, 5) is 13.9. The fraction of sp³-hybridized carbons (Fsp3) is 0.467. The molecule has 0 aliphatic heterocycles. The molecule has 0 unspecified atom stereocenters. The molecule has 0 fully saturated rings. The maximum Gasteiger partial charge on any atom is 0.255 e. The van der Waals surface area contributed by atoms with Gasteiger partial charge >= 0.3 is 0 Å². The molecule has 0 heterocycles. The predicted molar refractivity (Wildman–Crippen MR) is 77.2 cm³/mol. The first-order chi connectivity index (χ1) is 9.10. The Morgan fingerprint density at radius 2 is 2.21 bits per heavy atom. The van der Waals surface area contributed by atoms with Crippen LogP contribution in [0.25, 0.3) is 0 Å². The molecule has 0 bridgehead atoms. The van der Waals surface area contributed by atoms with Gasteiger partial charge in [0, 0.05) is 25.8 Å². The van der Waals surface area contributed by atoms with Gasteiger partial charge in [0.2, 0.25) is 0 Å². The molecule has 1 N–H and O–H groups in total. The van der Waals surface area contributed by atoms with Crippen molar-refractivity contribution in [1.29, 1.82) is 5.26 Å². The van der Waals surface area contributed by atoms with E-state index in [4.69, 9.17) is 5.26 Å². The molecule has 0 atom stereocenters. The summed E-state index contributed by atoms with van der Waals surface area (Å²) < 4.78 is 0. The number of hydrogen-bond acceptors (Lipinski definition) is 3. The van der Waals surface area contributed by atoms with Gasteiger partial charge < -0.3 is 10.2 Å². The minimum atomic E-state index is -0.0474. The number of aryl methyl sites for hydroxylation is 1. The molecule has 19 heavy (non-hydrogen) atoms. The van der Waals surface area contributed by atoms with Gasteiger partial charge in [-0.2, -0.15) is 5.26 Å². The average Bonchev–Trinajstić information content (AvgIpc) is 2.41. The van der Waals surface area contributed by atoms with Gasteiger partial charge in [-0.05, 0) is 31.0 Å². The molecule has 0 saturated heterocycles. The van der Waals surface area contributed by atoms with Crippen LogP contribution in [0.5, 0.6) is 0 Å². The normalized spacial score (nSPS) is 9.79. The lowest BCUT2D eigenvalue weighted by Crippen LogP contribution is -2.28. The molecule has 0 aliphatic rings. The van der Waals surface area contributed by atoms with Crippen molar-refractivity contribution in [2.75, 3.05) is 25.5 Å². The van der Waals surface area contributed by atoms with Gasteiger partial charge in [0.25, 0.3) is 5.91 Å². The number of benzene rings is 1. The van der Waals surface area contributed by atoms with Crippen LogP contribution in [-0.4, -0.2) is 30.9 Å². The van der Waals surface area contributed by atoms with E-state index in [1.54, 1.807) is 11.9 Å².